The van der Waals surface area contributed by atoms with Gasteiger partial charge in [-0.1, -0.05) is 48.5 Å². The van der Waals surface area contributed by atoms with Crippen LogP contribution in [0.15, 0.2) is 54.6 Å². The molecule has 1 N–H and O–H groups in total. The normalized spacial score (nSPS) is 28.3. The fraction of sp³-hybridized carbons (Fsp3) is 0.333. The van der Waals surface area contributed by atoms with Gasteiger partial charge in [0.25, 0.3) is 5.91 Å². The van der Waals surface area contributed by atoms with E-state index in [0.717, 1.165) is 29.5 Å². The molecule has 4 heteroatoms. The van der Waals surface area contributed by atoms with E-state index in [-0.39, 0.29) is 23.3 Å². The van der Waals surface area contributed by atoms with E-state index in [4.69, 9.17) is 0 Å². The highest BCUT2D eigenvalue weighted by Crippen LogP contribution is 2.75. The molecule has 1 aliphatic heterocycles. The maximum absolute atomic E-state index is 12.9. The number of amides is 2. The summed E-state index contributed by atoms with van der Waals surface area (Å²) in [6.45, 7) is 1.05. The molecule has 2 aromatic carbocycles. The van der Waals surface area contributed by atoms with E-state index in [9.17, 15) is 9.59 Å². The molecule has 25 heavy (non-hydrogen) atoms. The van der Waals surface area contributed by atoms with Gasteiger partial charge in [-0.05, 0) is 36.0 Å². The summed E-state index contributed by atoms with van der Waals surface area (Å²) in [6, 6.07) is 17.7. The minimum absolute atomic E-state index is 0.0353. The van der Waals surface area contributed by atoms with Gasteiger partial charge in [-0.25, -0.2) is 0 Å². The zero-order valence-electron chi connectivity index (χ0n) is 13.9. The molecule has 0 saturated heterocycles. The summed E-state index contributed by atoms with van der Waals surface area (Å²) < 4.78 is 0. The van der Waals surface area contributed by atoms with Crippen molar-refractivity contribution < 1.29 is 9.59 Å². The van der Waals surface area contributed by atoms with Gasteiger partial charge >= 0.3 is 0 Å². The standard InChI is InChI=1S/C21H20N2O2/c24-19-17-9-5-4-8-16(17)18(12-22-20(25)21-10-15(21)11-21)23(19)13-14-6-2-1-3-7-14/h1-9,15,18H,10-13H2,(H,22,25). The molecule has 1 heterocycles. The van der Waals surface area contributed by atoms with Gasteiger partial charge in [-0.2, -0.15) is 0 Å². The molecular formula is C21H20N2O2. The van der Waals surface area contributed by atoms with Gasteiger partial charge in [0.1, 0.15) is 0 Å². The predicted octanol–water partition coefficient (Wildman–Crippen LogP) is 2.91. The molecule has 0 radical (unpaired) electrons. The number of carbonyl (C=O) groups excluding carboxylic acids is 2. The van der Waals surface area contributed by atoms with Crippen molar-refractivity contribution in [2.24, 2.45) is 11.3 Å². The molecule has 5 rings (SSSR count). The average molecular weight is 332 g/mol. The van der Waals surface area contributed by atoms with Crippen molar-refractivity contribution in [2.45, 2.75) is 25.4 Å². The Kier molecular flexibility index (Phi) is 3.05. The lowest BCUT2D eigenvalue weighted by molar-refractivity contribution is -0.124. The molecule has 3 aliphatic rings. The van der Waals surface area contributed by atoms with Gasteiger partial charge in [0.05, 0.1) is 11.5 Å². The molecule has 0 bridgehead atoms. The Morgan fingerprint density at radius 2 is 1.76 bits per heavy atom. The van der Waals surface area contributed by atoms with E-state index < -0.39 is 0 Å². The van der Waals surface area contributed by atoms with Crippen LogP contribution in [0.1, 0.15) is 40.4 Å². The molecule has 0 aromatic heterocycles. The quantitative estimate of drug-likeness (QED) is 0.915. The third-order valence-electron chi connectivity index (χ3n) is 5.97. The molecule has 0 spiro atoms. The van der Waals surface area contributed by atoms with Gasteiger partial charge in [0.15, 0.2) is 0 Å². The molecule has 2 aliphatic carbocycles. The molecule has 2 amide bonds. The minimum atomic E-state index is -0.0970. The van der Waals surface area contributed by atoms with Crippen LogP contribution in [0.25, 0.3) is 0 Å². The first kappa shape index (κ1) is 14.7. The fourth-order valence-electron chi connectivity index (χ4n) is 4.07. The minimum Gasteiger partial charge on any atom is -0.353 e. The van der Waals surface area contributed by atoms with Crippen molar-refractivity contribution in [1.82, 2.24) is 10.2 Å². The number of benzene rings is 2. The van der Waals surface area contributed by atoms with Crippen LogP contribution in [0.2, 0.25) is 0 Å². The monoisotopic (exact) mass is 332 g/mol. The second kappa shape index (κ2) is 5.19. The van der Waals surface area contributed by atoms with E-state index in [2.05, 4.69) is 5.32 Å². The summed E-state index contributed by atoms with van der Waals surface area (Å²) in [7, 11) is 0. The van der Waals surface area contributed by atoms with Crippen LogP contribution in [-0.2, 0) is 11.3 Å². The lowest BCUT2D eigenvalue weighted by Crippen LogP contribution is -2.38. The van der Waals surface area contributed by atoms with Crippen LogP contribution in [-0.4, -0.2) is 23.3 Å². The van der Waals surface area contributed by atoms with E-state index in [1.807, 2.05) is 59.5 Å². The van der Waals surface area contributed by atoms with E-state index in [1.165, 1.54) is 0 Å². The Hall–Kier alpha value is -2.62. The third kappa shape index (κ3) is 2.28. The number of nitrogens with one attached hydrogen (secondary N) is 1. The zero-order valence-corrected chi connectivity index (χ0v) is 13.9. The SMILES string of the molecule is O=C1c2ccccc2C(CNC(=O)C23CC2C3)N1Cc1ccccc1. The summed E-state index contributed by atoms with van der Waals surface area (Å²) in [6.07, 6.45) is 2.10. The summed E-state index contributed by atoms with van der Waals surface area (Å²) in [4.78, 5) is 27.1. The number of hydrogen-bond acceptors (Lipinski definition) is 2. The first-order valence-electron chi connectivity index (χ1n) is 8.91. The molecule has 1 atom stereocenters. The fourth-order valence-corrected chi connectivity index (χ4v) is 4.07. The van der Waals surface area contributed by atoms with Gasteiger partial charge in [0, 0.05) is 18.7 Å². The molecule has 2 fully saturated rings. The van der Waals surface area contributed by atoms with Crippen LogP contribution in [0.5, 0.6) is 0 Å². The average Bonchev–Trinajstić information content (AvgIpc) is 3.50. The van der Waals surface area contributed by atoms with Crippen molar-refractivity contribution in [3.05, 3.63) is 71.3 Å². The molecule has 2 aromatic rings. The van der Waals surface area contributed by atoms with Gasteiger partial charge in [-0.3, -0.25) is 9.59 Å². The summed E-state index contributed by atoms with van der Waals surface area (Å²) >= 11 is 0. The highest BCUT2D eigenvalue weighted by Gasteiger charge is 2.74. The molecule has 2 saturated carbocycles. The second-order valence-corrected chi connectivity index (χ2v) is 7.49. The number of rotatable bonds is 5. The lowest BCUT2D eigenvalue weighted by atomic mass is 10.0. The second-order valence-electron chi connectivity index (χ2n) is 7.49. The Morgan fingerprint density at radius 3 is 2.48 bits per heavy atom. The van der Waals surface area contributed by atoms with Crippen molar-refractivity contribution in [3.8, 4) is 0 Å². The van der Waals surface area contributed by atoms with Crippen LogP contribution in [0.3, 0.4) is 0 Å². The maximum Gasteiger partial charge on any atom is 0.255 e. The third-order valence-corrected chi connectivity index (χ3v) is 5.97. The molecule has 1 unspecified atom stereocenters. The van der Waals surface area contributed by atoms with Crippen LogP contribution in [0.4, 0.5) is 0 Å². The van der Waals surface area contributed by atoms with E-state index in [0.29, 0.717) is 19.0 Å². The Balaban J connectivity index is 1.39. The van der Waals surface area contributed by atoms with Crippen molar-refractivity contribution in [1.29, 1.82) is 0 Å². The Morgan fingerprint density at radius 1 is 1.08 bits per heavy atom. The maximum atomic E-state index is 12.9. The topological polar surface area (TPSA) is 49.4 Å². The lowest BCUT2D eigenvalue weighted by Gasteiger charge is -2.26. The van der Waals surface area contributed by atoms with Crippen molar-refractivity contribution in [3.63, 3.8) is 0 Å². The number of nitrogens with zero attached hydrogens (tertiary/aromatic N) is 1. The predicted molar refractivity (Wildman–Crippen MR) is 93.7 cm³/mol. The largest absolute Gasteiger partial charge is 0.353 e. The number of hydrogen-bond donors (Lipinski definition) is 1. The molecular weight excluding hydrogens is 312 g/mol. The van der Waals surface area contributed by atoms with Crippen LogP contribution >= 0.6 is 0 Å². The summed E-state index contributed by atoms with van der Waals surface area (Å²) in [5.74, 6) is 0.854. The van der Waals surface area contributed by atoms with Crippen LogP contribution in [0, 0.1) is 11.3 Å². The smallest absolute Gasteiger partial charge is 0.255 e. The van der Waals surface area contributed by atoms with E-state index in [1.54, 1.807) is 0 Å². The summed E-state index contributed by atoms with van der Waals surface area (Å²) in [5, 5.41) is 3.11. The highest BCUT2D eigenvalue weighted by molar-refractivity contribution is 5.99. The van der Waals surface area contributed by atoms with Crippen molar-refractivity contribution in [2.75, 3.05) is 6.54 Å². The van der Waals surface area contributed by atoms with Crippen molar-refractivity contribution >= 4 is 11.8 Å². The van der Waals surface area contributed by atoms with Crippen LogP contribution < -0.4 is 5.32 Å². The van der Waals surface area contributed by atoms with Gasteiger partial charge in [0.2, 0.25) is 5.91 Å². The number of fused-ring (bicyclic) bond motifs is 2. The molecule has 4 nitrogen and oxygen atoms in total. The Labute approximate surface area is 146 Å². The van der Waals surface area contributed by atoms with Gasteiger partial charge < -0.3 is 10.2 Å². The zero-order chi connectivity index (χ0) is 17.0. The molecule has 126 valence electrons. The highest BCUT2D eigenvalue weighted by atomic mass is 16.2. The van der Waals surface area contributed by atoms with E-state index >= 15 is 0 Å². The first-order valence-corrected chi connectivity index (χ1v) is 8.91. The number of carbonyl (C=O) groups is 2. The Bertz CT molecular complexity index is 855. The van der Waals surface area contributed by atoms with Gasteiger partial charge in [-0.15, -0.1) is 0 Å². The summed E-state index contributed by atoms with van der Waals surface area (Å²) in [5.41, 5.74) is 2.84. The first-order chi connectivity index (χ1) is 12.2.